The maximum Gasteiger partial charge on any atom is 0.250 e. The fraction of sp³-hybridized carbons (Fsp3) is 0.0435. The zero-order chi connectivity index (χ0) is 22.3. The minimum absolute atomic E-state index is 0.185. The highest BCUT2D eigenvalue weighted by Crippen LogP contribution is 2.23. The largest absolute Gasteiger partial charge is 0.507 e. The van der Waals surface area contributed by atoms with E-state index in [1.165, 1.54) is 6.21 Å². The molecule has 0 aliphatic rings. The van der Waals surface area contributed by atoms with Crippen LogP contribution in [0.5, 0.6) is 5.75 Å². The van der Waals surface area contributed by atoms with Gasteiger partial charge < -0.3 is 15.7 Å². The fourth-order valence-corrected chi connectivity index (χ4v) is 3.66. The van der Waals surface area contributed by atoms with Crippen molar-refractivity contribution in [2.45, 2.75) is 6.92 Å². The van der Waals surface area contributed by atoms with Crippen molar-refractivity contribution >= 4 is 58.0 Å². The molecule has 4 rings (SSSR count). The molecule has 0 atom stereocenters. The molecule has 3 aromatic carbocycles. The molecule has 0 amide bonds. The molecule has 0 bridgehead atoms. The molecule has 0 unspecified atom stereocenters. The Morgan fingerprint density at radius 3 is 1.91 bits per heavy atom. The monoisotopic (exact) mass is 537 g/mol. The number of hydrogen-bond donors (Lipinski definition) is 4. The first kappa shape index (κ1) is 21.5. The summed E-state index contributed by atoms with van der Waals surface area (Å²) in [7, 11) is 0. The fourth-order valence-electron chi connectivity index (χ4n) is 2.86. The van der Waals surface area contributed by atoms with Crippen LogP contribution in [0, 0.1) is 10.5 Å². The van der Waals surface area contributed by atoms with E-state index in [0.717, 1.165) is 20.5 Å². The summed E-state index contributed by atoms with van der Waals surface area (Å²) in [6, 6.07) is 23.0. The quantitative estimate of drug-likeness (QED) is 0.142. The molecule has 9 heteroatoms. The lowest BCUT2D eigenvalue weighted by Gasteiger charge is -2.10. The van der Waals surface area contributed by atoms with Crippen molar-refractivity contribution in [3.8, 4) is 5.75 Å². The molecule has 0 saturated carbocycles. The van der Waals surface area contributed by atoms with Gasteiger partial charge in [-0.1, -0.05) is 36.4 Å². The maximum absolute atomic E-state index is 10.3. The Balaban J connectivity index is 1.59. The lowest BCUT2D eigenvalue weighted by Crippen LogP contribution is -2.07. The third kappa shape index (κ3) is 5.70. The van der Waals surface area contributed by atoms with Crippen molar-refractivity contribution in [3.63, 3.8) is 0 Å². The van der Waals surface area contributed by atoms with Crippen molar-refractivity contribution in [2.75, 3.05) is 16.1 Å². The van der Waals surface area contributed by atoms with E-state index in [2.05, 4.69) is 58.7 Å². The summed E-state index contributed by atoms with van der Waals surface area (Å²) >= 11 is 2.20. The number of phenolic OH excluding ortho intramolecular Hbond substituents is 1. The maximum atomic E-state index is 10.3. The molecular weight excluding hydrogens is 517 g/mol. The van der Waals surface area contributed by atoms with E-state index in [-0.39, 0.29) is 11.7 Å². The molecule has 0 aliphatic heterocycles. The first-order chi connectivity index (χ1) is 15.6. The van der Waals surface area contributed by atoms with Crippen LogP contribution in [0.25, 0.3) is 0 Å². The predicted molar refractivity (Wildman–Crippen MR) is 136 cm³/mol. The van der Waals surface area contributed by atoms with Gasteiger partial charge in [0.25, 0.3) is 0 Å². The van der Waals surface area contributed by atoms with Crippen LogP contribution in [0.1, 0.15) is 11.1 Å². The highest BCUT2D eigenvalue weighted by atomic mass is 127. The van der Waals surface area contributed by atoms with Gasteiger partial charge in [-0.25, -0.2) is 5.43 Å². The van der Waals surface area contributed by atoms with Crippen molar-refractivity contribution < 1.29 is 5.11 Å². The van der Waals surface area contributed by atoms with Crippen molar-refractivity contribution in [2.24, 2.45) is 5.10 Å². The van der Waals surface area contributed by atoms with E-state index < -0.39 is 0 Å². The molecule has 1 aromatic heterocycles. The number of nitrogens with one attached hydrogen (secondary N) is 3. The van der Waals surface area contributed by atoms with Crippen LogP contribution < -0.4 is 16.1 Å². The number of benzene rings is 3. The van der Waals surface area contributed by atoms with Gasteiger partial charge in [0.1, 0.15) is 5.75 Å². The van der Waals surface area contributed by atoms with Crippen molar-refractivity contribution in [1.82, 2.24) is 15.0 Å². The van der Waals surface area contributed by atoms with Crippen LogP contribution in [0.15, 0.2) is 77.9 Å². The molecule has 0 radical (unpaired) electrons. The number of rotatable bonds is 7. The van der Waals surface area contributed by atoms with Gasteiger partial charge in [0.05, 0.1) is 6.21 Å². The number of para-hydroxylation sites is 2. The third-order valence-corrected chi connectivity index (χ3v) is 4.98. The second-order valence-corrected chi connectivity index (χ2v) is 8.06. The lowest BCUT2D eigenvalue weighted by molar-refractivity contribution is 0.470. The zero-order valence-electron chi connectivity index (χ0n) is 17.1. The number of nitrogens with zero attached hydrogens (tertiary/aromatic N) is 4. The number of anilines is 5. The Morgan fingerprint density at radius 1 is 0.812 bits per heavy atom. The Bertz CT molecular complexity index is 1170. The van der Waals surface area contributed by atoms with Crippen LogP contribution in [0.4, 0.5) is 29.2 Å². The smallest absolute Gasteiger partial charge is 0.250 e. The lowest BCUT2D eigenvalue weighted by atomic mass is 10.1. The van der Waals surface area contributed by atoms with Crippen LogP contribution in [0.2, 0.25) is 0 Å². The molecule has 4 N–H and O–H groups in total. The number of aryl methyl sites for hydroxylation is 1. The molecule has 4 aromatic rings. The molecular formula is C23H20IN7O. The summed E-state index contributed by atoms with van der Waals surface area (Å²) in [5.74, 6) is 1.14. The van der Waals surface area contributed by atoms with Crippen molar-refractivity contribution in [3.05, 3.63) is 87.5 Å². The second-order valence-electron chi connectivity index (χ2n) is 6.82. The van der Waals surface area contributed by atoms with Crippen LogP contribution in [-0.2, 0) is 0 Å². The number of aromatic nitrogens is 3. The molecule has 0 aliphatic carbocycles. The summed E-state index contributed by atoms with van der Waals surface area (Å²) < 4.78 is 1.00. The van der Waals surface area contributed by atoms with Gasteiger partial charge in [0, 0.05) is 20.5 Å². The molecule has 0 spiro atoms. The predicted octanol–water partition coefficient (Wildman–Crippen LogP) is 5.42. The Morgan fingerprint density at radius 2 is 1.34 bits per heavy atom. The number of aromatic hydroxyl groups is 1. The number of hydrogen-bond acceptors (Lipinski definition) is 8. The molecule has 1 heterocycles. The summed E-state index contributed by atoms with van der Waals surface area (Å²) in [6.45, 7) is 1.84. The Kier molecular flexibility index (Phi) is 6.75. The van der Waals surface area contributed by atoms with Crippen LogP contribution in [0.3, 0.4) is 0 Å². The number of phenols is 1. The number of halogens is 1. The summed E-state index contributed by atoms with van der Waals surface area (Å²) in [5.41, 5.74) is 5.89. The first-order valence-corrected chi connectivity index (χ1v) is 10.8. The molecule has 8 nitrogen and oxygen atoms in total. The normalized spacial score (nSPS) is 10.8. The van der Waals surface area contributed by atoms with Gasteiger partial charge in [-0.2, -0.15) is 20.1 Å². The van der Waals surface area contributed by atoms with Crippen LogP contribution in [-0.4, -0.2) is 26.3 Å². The Labute approximate surface area is 199 Å². The van der Waals surface area contributed by atoms with E-state index in [9.17, 15) is 5.11 Å². The first-order valence-electron chi connectivity index (χ1n) is 9.75. The summed E-state index contributed by atoms with van der Waals surface area (Å²) in [6.07, 6.45) is 1.53. The third-order valence-electron chi connectivity index (χ3n) is 4.36. The SMILES string of the molecule is Cc1cc(I)cc(C=NNc2nc(Nc3ccccc3)nc(Nc3ccccc3)n2)c1O. The average Bonchev–Trinajstić information content (AvgIpc) is 2.78. The van der Waals surface area contributed by atoms with Gasteiger partial charge >= 0.3 is 0 Å². The molecule has 160 valence electrons. The van der Waals surface area contributed by atoms with E-state index in [1.54, 1.807) is 0 Å². The van der Waals surface area contributed by atoms with E-state index >= 15 is 0 Å². The van der Waals surface area contributed by atoms with E-state index in [1.807, 2.05) is 79.7 Å². The topological polar surface area (TPSA) is 107 Å². The average molecular weight is 537 g/mol. The summed E-state index contributed by atoms with van der Waals surface area (Å²) in [4.78, 5) is 13.2. The van der Waals surface area contributed by atoms with Gasteiger partial charge in [0.15, 0.2) is 0 Å². The van der Waals surface area contributed by atoms with E-state index in [4.69, 9.17) is 0 Å². The minimum atomic E-state index is 0.185. The highest BCUT2D eigenvalue weighted by molar-refractivity contribution is 14.1. The van der Waals surface area contributed by atoms with Gasteiger partial charge in [0.2, 0.25) is 17.8 Å². The minimum Gasteiger partial charge on any atom is -0.507 e. The second kappa shape index (κ2) is 10.1. The molecule has 0 saturated heterocycles. The summed E-state index contributed by atoms with van der Waals surface area (Å²) in [5, 5.41) is 20.8. The zero-order valence-corrected chi connectivity index (χ0v) is 19.3. The molecule has 32 heavy (non-hydrogen) atoms. The van der Waals surface area contributed by atoms with Gasteiger partial charge in [-0.05, 0) is 71.5 Å². The van der Waals surface area contributed by atoms with E-state index in [0.29, 0.717) is 17.5 Å². The van der Waals surface area contributed by atoms with Gasteiger partial charge in [-0.15, -0.1) is 0 Å². The highest BCUT2D eigenvalue weighted by Gasteiger charge is 2.08. The standard InChI is InChI=1S/C23H20IN7O/c1-15-12-17(24)13-16(20(15)32)14-25-31-23-29-21(26-18-8-4-2-5-9-18)28-22(30-23)27-19-10-6-3-7-11-19/h2-14,32H,1H3,(H3,26,27,28,29,30,31). The van der Waals surface area contributed by atoms with Crippen molar-refractivity contribution in [1.29, 1.82) is 0 Å². The number of hydrazone groups is 1. The Hall–Kier alpha value is -3.73. The molecule has 0 fully saturated rings. The van der Waals surface area contributed by atoms with Crippen LogP contribution >= 0.6 is 22.6 Å². The van der Waals surface area contributed by atoms with Gasteiger partial charge in [-0.3, -0.25) is 0 Å².